The van der Waals surface area contributed by atoms with E-state index in [2.05, 4.69) is 22.3 Å². The van der Waals surface area contributed by atoms with Crippen LogP contribution in [0.5, 0.6) is 11.5 Å². The number of ether oxygens (including phenoxy) is 2. The van der Waals surface area contributed by atoms with Crippen LogP contribution in [0.4, 0.5) is 0 Å². The van der Waals surface area contributed by atoms with Crippen molar-refractivity contribution in [2.75, 3.05) is 27.3 Å². The van der Waals surface area contributed by atoms with Crippen molar-refractivity contribution in [3.05, 3.63) is 59.2 Å². The molecule has 5 heteroatoms. The highest BCUT2D eigenvalue weighted by Crippen LogP contribution is 2.27. The third-order valence-electron chi connectivity index (χ3n) is 4.97. The highest BCUT2D eigenvalue weighted by Gasteiger charge is 2.11. The standard InChI is InChI=1S/C22H28N2O3/c1-26-20-11-8-18(14-21(20)27-2)15-23-22(25)19-9-6-17(7-10-19)16-24-12-4-3-5-13-24/h6-11,14H,3-5,12-13,15-16H2,1-2H3,(H,23,25). The Kier molecular flexibility index (Phi) is 6.71. The van der Waals surface area contributed by atoms with Crippen LogP contribution in [-0.2, 0) is 13.1 Å². The number of nitrogens with one attached hydrogen (secondary N) is 1. The summed E-state index contributed by atoms with van der Waals surface area (Å²) in [6.07, 6.45) is 3.92. The summed E-state index contributed by atoms with van der Waals surface area (Å²) in [5.74, 6) is 1.26. The van der Waals surface area contributed by atoms with Crippen molar-refractivity contribution in [1.82, 2.24) is 10.2 Å². The third-order valence-corrected chi connectivity index (χ3v) is 4.97. The molecule has 1 saturated heterocycles. The molecule has 1 aliphatic heterocycles. The second kappa shape index (κ2) is 9.42. The minimum absolute atomic E-state index is 0.0747. The molecule has 3 rings (SSSR count). The molecule has 1 amide bonds. The molecule has 0 aliphatic carbocycles. The summed E-state index contributed by atoms with van der Waals surface area (Å²) >= 11 is 0. The Hall–Kier alpha value is -2.53. The molecule has 1 heterocycles. The first-order valence-corrected chi connectivity index (χ1v) is 9.50. The van der Waals surface area contributed by atoms with Crippen LogP contribution < -0.4 is 14.8 Å². The summed E-state index contributed by atoms with van der Waals surface area (Å²) in [7, 11) is 3.21. The van der Waals surface area contributed by atoms with Gasteiger partial charge in [0.2, 0.25) is 0 Å². The van der Waals surface area contributed by atoms with Crippen molar-refractivity contribution in [2.24, 2.45) is 0 Å². The van der Waals surface area contributed by atoms with Gasteiger partial charge < -0.3 is 14.8 Å². The Morgan fingerprint density at radius 2 is 1.59 bits per heavy atom. The number of piperidine rings is 1. The Bertz CT molecular complexity index is 753. The molecule has 1 aliphatic rings. The summed E-state index contributed by atoms with van der Waals surface area (Å²) in [4.78, 5) is 14.9. The van der Waals surface area contributed by atoms with E-state index in [4.69, 9.17) is 9.47 Å². The summed E-state index contributed by atoms with van der Waals surface area (Å²) in [6, 6.07) is 13.6. The number of hydrogen-bond donors (Lipinski definition) is 1. The number of carbonyl (C=O) groups is 1. The minimum Gasteiger partial charge on any atom is -0.493 e. The van der Waals surface area contributed by atoms with Crippen LogP contribution in [0.25, 0.3) is 0 Å². The number of hydrogen-bond acceptors (Lipinski definition) is 4. The average Bonchev–Trinajstić information content (AvgIpc) is 2.73. The predicted octanol–water partition coefficient (Wildman–Crippen LogP) is 3.62. The van der Waals surface area contributed by atoms with Crippen molar-refractivity contribution in [1.29, 1.82) is 0 Å². The normalized spacial score (nSPS) is 14.6. The zero-order chi connectivity index (χ0) is 19.1. The topological polar surface area (TPSA) is 50.8 Å². The number of carbonyl (C=O) groups excluding carboxylic acids is 1. The largest absolute Gasteiger partial charge is 0.493 e. The Morgan fingerprint density at radius 1 is 0.926 bits per heavy atom. The van der Waals surface area contributed by atoms with Crippen LogP contribution in [0, 0.1) is 0 Å². The van der Waals surface area contributed by atoms with E-state index in [-0.39, 0.29) is 5.91 Å². The van der Waals surface area contributed by atoms with Gasteiger partial charge in [-0.3, -0.25) is 9.69 Å². The average molecular weight is 368 g/mol. The van der Waals surface area contributed by atoms with Crippen molar-refractivity contribution in [2.45, 2.75) is 32.4 Å². The molecule has 1 fully saturated rings. The van der Waals surface area contributed by atoms with Gasteiger partial charge in [-0.1, -0.05) is 24.6 Å². The van der Waals surface area contributed by atoms with E-state index in [1.165, 1.54) is 37.9 Å². The fourth-order valence-electron chi connectivity index (χ4n) is 3.41. The predicted molar refractivity (Wildman–Crippen MR) is 106 cm³/mol. The molecule has 144 valence electrons. The van der Waals surface area contributed by atoms with Crippen LogP contribution >= 0.6 is 0 Å². The lowest BCUT2D eigenvalue weighted by molar-refractivity contribution is 0.0951. The Labute approximate surface area is 161 Å². The van der Waals surface area contributed by atoms with Crippen LogP contribution in [0.1, 0.15) is 40.7 Å². The summed E-state index contributed by atoms with van der Waals surface area (Å²) in [6.45, 7) is 3.75. The van der Waals surface area contributed by atoms with Crippen LogP contribution in [0.3, 0.4) is 0 Å². The molecular formula is C22H28N2O3. The molecule has 0 atom stereocenters. The van der Waals surface area contributed by atoms with Gasteiger partial charge in [-0.15, -0.1) is 0 Å². The van der Waals surface area contributed by atoms with Gasteiger partial charge in [0.1, 0.15) is 0 Å². The lowest BCUT2D eigenvalue weighted by atomic mass is 10.1. The molecule has 0 saturated carbocycles. The summed E-state index contributed by atoms with van der Waals surface area (Å²) < 4.78 is 10.5. The molecule has 2 aromatic carbocycles. The summed E-state index contributed by atoms with van der Waals surface area (Å²) in [5.41, 5.74) is 2.90. The van der Waals surface area contributed by atoms with Crippen molar-refractivity contribution < 1.29 is 14.3 Å². The minimum atomic E-state index is -0.0747. The van der Waals surface area contributed by atoms with Crippen LogP contribution in [0.2, 0.25) is 0 Å². The molecule has 0 bridgehead atoms. The van der Waals surface area contributed by atoms with Gasteiger partial charge in [-0.05, 0) is 61.3 Å². The second-order valence-electron chi connectivity index (χ2n) is 6.91. The number of benzene rings is 2. The molecule has 27 heavy (non-hydrogen) atoms. The van der Waals surface area contributed by atoms with Crippen molar-refractivity contribution in [3.63, 3.8) is 0 Å². The maximum atomic E-state index is 12.4. The Morgan fingerprint density at radius 3 is 2.26 bits per heavy atom. The third kappa shape index (κ3) is 5.23. The van der Waals surface area contributed by atoms with Crippen LogP contribution in [0.15, 0.2) is 42.5 Å². The lowest BCUT2D eigenvalue weighted by Crippen LogP contribution is -2.29. The number of amides is 1. The maximum Gasteiger partial charge on any atom is 0.251 e. The van der Waals surface area contributed by atoms with Crippen LogP contribution in [-0.4, -0.2) is 38.1 Å². The highest BCUT2D eigenvalue weighted by molar-refractivity contribution is 5.94. The SMILES string of the molecule is COc1ccc(CNC(=O)c2ccc(CN3CCCCC3)cc2)cc1OC. The molecule has 0 radical (unpaired) electrons. The molecular weight excluding hydrogens is 340 g/mol. The number of methoxy groups -OCH3 is 2. The number of rotatable bonds is 7. The van der Waals surface area contributed by atoms with E-state index in [1.807, 2.05) is 30.3 Å². The first-order valence-electron chi connectivity index (χ1n) is 9.50. The van der Waals surface area contributed by atoms with E-state index in [1.54, 1.807) is 14.2 Å². The highest BCUT2D eigenvalue weighted by atomic mass is 16.5. The summed E-state index contributed by atoms with van der Waals surface area (Å²) in [5, 5.41) is 2.96. The molecule has 0 aromatic heterocycles. The fraction of sp³-hybridized carbons (Fsp3) is 0.409. The van der Waals surface area contributed by atoms with Gasteiger partial charge in [-0.2, -0.15) is 0 Å². The smallest absolute Gasteiger partial charge is 0.251 e. The van der Waals surface area contributed by atoms with E-state index >= 15 is 0 Å². The van der Waals surface area contributed by atoms with Gasteiger partial charge in [0.05, 0.1) is 14.2 Å². The quantitative estimate of drug-likeness (QED) is 0.811. The molecule has 0 unspecified atom stereocenters. The zero-order valence-corrected chi connectivity index (χ0v) is 16.2. The fourth-order valence-corrected chi connectivity index (χ4v) is 3.41. The zero-order valence-electron chi connectivity index (χ0n) is 16.2. The van der Waals surface area contributed by atoms with Crippen molar-refractivity contribution >= 4 is 5.91 Å². The number of likely N-dealkylation sites (tertiary alicyclic amines) is 1. The van der Waals surface area contributed by atoms with Gasteiger partial charge in [0, 0.05) is 18.7 Å². The van der Waals surface area contributed by atoms with E-state index in [0.29, 0.717) is 23.6 Å². The molecule has 2 aromatic rings. The van der Waals surface area contributed by atoms with E-state index in [0.717, 1.165) is 12.1 Å². The first-order chi connectivity index (χ1) is 13.2. The maximum absolute atomic E-state index is 12.4. The molecule has 0 spiro atoms. The first kappa shape index (κ1) is 19.2. The van der Waals surface area contributed by atoms with Gasteiger partial charge in [0.15, 0.2) is 11.5 Å². The lowest BCUT2D eigenvalue weighted by Gasteiger charge is -2.26. The van der Waals surface area contributed by atoms with Gasteiger partial charge >= 0.3 is 0 Å². The van der Waals surface area contributed by atoms with Gasteiger partial charge in [-0.25, -0.2) is 0 Å². The monoisotopic (exact) mass is 368 g/mol. The van der Waals surface area contributed by atoms with E-state index < -0.39 is 0 Å². The molecule has 1 N–H and O–H groups in total. The van der Waals surface area contributed by atoms with Crippen molar-refractivity contribution in [3.8, 4) is 11.5 Å². The van der Waals surface area contributed by atoms with E-state index in [9.17, 15) is 4.79 Å². The second-order valence-corrected chi connectivity index (χ2v) is 6.91. The number of nitrogens with zero attached hydrogens (tertiary/aromatic N) is 1. The van der Waals surface area contributed by atoms with Gasteiger partial charge in [0.25, 0.3) is 5.91 Å². The molecule has 5 nitrogen and oxygen atoms in total. The Balaban J connectivity index is 1.54.